The number of hydrogen-bond acceptors (Lipinski definition) is 7. The Morgan fingerprint density at radius 1 is 1.22 bits per heavy atom. The topological polar surface area (TPSA) is 131 Å². The SMILES string of the molecule is CCOC(=O)c1c(O)c2ncc(Cc3ccc(F)cc3CCC(=O)NC(C)(C)CO)cc2n(C)c1=O. The monoisotopic (exact) mass is 499 g/mol. The largest absolute Gasteiger partial charge is 0.505 e. The van der Waals surface area contributed by atoms with Gasteiger partial charge < -0.3 is 24.8 Å². The van der Waals surface area contributed by atoms with Crippen LogP contribution in [0.2, 0.25) is 0 Å². The van der Waals surface area contributed by atoms with Crippen LogP contribution in [0.25, 0.3) is 11.0 Å². The van der Waals surface area contributed by atoms with Crippen molar-refractivity contribution in [3.05, 3.63) is 68.9 Å². The predicted molar refractivity (Wildman–Crippen MR) is 131 cm³/mol. The molecule has 0 bridgehead atoms. The lowest BCUT2D eigenvalue weighted by molar-refractivity contribution is -0.123. The van der Waals surface area contributed by atoms with Gasteiger partial charge in [-0.25, -0.2) is 9.18 Å². The Morgan fingerprint density at radius 3 is 2.61 bits per heavy atom. The third kappa shape index (κ3) is 5.88. The first-order chi connectivity index (χ1) is 17.0. The number of aromatic hydroxyl groups is 1. The molecule has 10 heteroatoms. The number of carbonyl (C=O) groups is 2. The van der Waals surface area contributed by atoms with Crippen LogP contribution in [0.4, 0.5) is 4.39 Å². The number of fused-ring (bicyclic) bond motifs is 1. The Morgan fingerprint density at radius 2 is 1.94 bits per heavy atom. The lowest BCUT2D eigenvalue weighted by atomic mass is 9.96. The molecule has 0 saturated heterocycles. The van der Waals surface area contributed by atoms with Crippen LogP contribution in [0.1, 0.15) is 54.2 Å². The van der Waals surface area contributed by atoms with E-state index in [2.05, 4.69) is 10.3 Å². The quantitative estimate of drug-likeness (QED) is 0.385. The van der Waals surface area contributed by atoms with Crippen LogP contribution in [0.15, 0.2) is 35.3 Å². The highest BCUT2D eigenvalue weighted by atomic mass is 19.1. The minimum atomic E-state index is -0.925. The number of ether oxygens (including phenoxy) is 1. The highest BCUT2D eigenvalue weighted by Gasteiger charge is 2.23. The number of nitrogens with one attached hydrogen (secondary N) is 1. The molecular formula is C26H30FN3O6. The van der Waals surface area contributed by atoms with E-state index >= 15 is 0 Å². The number of benzene rings is 1. The van der Waals surface area contributed by atoms with E-state index in [9.17, 15) is 29.0 Å². The lowest BCUT2D eigenvalue weighted by Crippen LogP contribution is -2.46. The zero-order valence-electron chi connectivity index (χ0n) is 20.7. The molecule has 9 nitrogen and oxygen atoms in total. The van der Waals surface area contributed by atoms with Crippen molar-refractivity contribution < 1.29 is 28.9 Å². The molecule has 0 fully saturated rings. The summed E-state index contributed by atoms with van der Waals surface area (Å²) < 4.78 is 20.1. The van der Waals surface area contributed by atoms with Gasteiger partial charge >= 0.3 is 5.97 Å². The van der Waals surface area contributed by atoms with E-state index in [0.717, 1.165) is 5.56 Å². The fourth-order valence-electron chi connectivity index (χ4n) is 3.86. The van der Waals surface area contributed by atoms with E-state index in [-0.39, 0.29) is 37.5 Å². The number of aliphatic hydroxyl groups is 1. The minimum absolute atomic E-state index is 0.0483. The van der Waals surface area contributed by atoms with E-state index in [0.29, 0.717) is 23.1 Å². The van der Waals surface area contributed by atoms with Gasteiger partial charge in [0.25, 0.3) is 5.56 Å². The predicted octanol–water partition coefficient (Wildman–Crippen LogP) is 2.37. The second-order valence-electron chi connectivity index (χ2n) is 9.20. The van der Waals surface area contributed by atoms with Crippen molar-refractivity contribution in [2.24, 2.45) is 7.05 Å². The van der Waals surface area contributed by atoms with Crippen molar-refractivity contribution in [1.29, 1.82) is 0 Å². The fourth-order valence-corrected chi connectivity index (χ4v) is 3.86. The van der Waals surface area contributed by atoms with Crippen molar-refractivity contribution in [3.63, 3.8) is 0 Å². The van der Waals surface area contributed by atoms with Crippen molar-refractivity contribution in [3.8, 4) is 5.75 Å². The third-order valence-corrected chi connectivity index (χ3v) is 5.80. The Bertz CT molecular complexity index is 1370. The molecule has 0 aliphatic heterocycles. The average molecular weight is 500 g/mol. The molecule has 3 aromatic rings. The number of pyridine rings is 2. The Hall–Kier alpha value is -3.79. The van der Waals surface area contributed by atoms with Crippen LogP contribution in [0.5, 0.6) is 5.75 Å². The number of nitrogens with zero attached hydrogens (tertiary/aromatic N) is 2. The smallest absolute Gasteiger partial charge is 0.347 e. The number of rotatable bonds is 9. The van der Waals surface area contributed by atoms with Gasteiger partial charge in [-0.15, -0.1) is 0 Å². The van der Waals surface area contributed by atoms with Crippen LogP contribution in [0.3, 0.4) is 0 Å². The maximum atomic E-state index is 14.0. The van der Waals surface area contributed by atoms with E-state index in [1.165, 1.54) is 29.9 Å². The first-order valence-corrected chi connectivity index (χ1v) is 11.5. The maximum Gasteiger partial charge on any atom is 0.347 e. The molecule has 36 heavy (non-hydrogen) atoms. The summed E-state index contributed by atoms with van der Waals surface area (Å²) in [5, 5.41) is 22.6. The van der Waals surface area contributed by atoms with Crippen molar-refractivity contribution in [1.82, 2.24) is 14.9 Å². The van der Waals surface area contributed by atoms with Crippen molar-refractivity contribution in [2.75, 3.05) is 13.2 Å². The molecule has 2 aromatic heterocycles. The highest BCUT2D eigenvalue weighted by Crippen LogP contribution is 2.26. The summed E-state index contributed by atoms with van der Waals surface area (Å²) in [5.74, 6) is -2.16. The summed E-state index contributed by atoms with van der Waals surface area (Å²) in [6, 6.07) is 6.00. The second-order valence-corrected chi connectivity index (χ2v) is 9.20. The maximum absolute atomic E-state index is 14.0. The van der Waals surface area contributed by atoms with Crippen LogP contribution < -0.4 is 10.9 Å². The van der Waals surface area contributed by atoms with Crippen LogP contribution >= 0.6 is 0 Å². The molecule has 0 saturated carbocycles. The number of carbonyl (C=O) groups excluding carboxylic acids is 2. The number of esters is 1. The normalized spacial score (nSPS) is 11.5. The summed E-state index contributed by atoms with van der Waals surface area (Å²) in [6.45, 7) is 4.83. The Balaban J connectivity index is 1.91. The standard InChI is InChI=1S/C26H30FN3O6/c1-5-36-25(35)21-23(33)22-19(30(4)24(21)34)11-15(13-28-22)10-16-6-8-18(27)12-17(16)7-9-20(32)29-26(2,3)14-31/h6,8,11-13,31,33H,5,7,9-10,14H2,1-4H3,(H,29,32). The number of halogens is 1. The third-order valence-electron chi connectivity index (χ3n) is 5.80. The number of aromatic nitrogens is 2. The molecule has 0 aliphatic carbocycles. The van der Waals surface area contributed by atoms with Gasteiger partial charge in [0, 0.05) is 19.7 Å². The summed E-state index contributed by atoms with van der Waals surface area (Å²) in [5.41, 5.74) is 0.536. The van der Waals surface area contributed by atoms with E-state index in [4.69, 9.17) is 4.74 Å². The molecule has 3 rings (SSSR count). The van der Waals surface area contributed by atoms with Gasteiger partial charge in [-0.05, 0) is 68.5 Å². The van der Waals surface area contributed by atoms with Gasteiger partial charge in [0.2, 0.25) is 5.91 Å². The number of hydrogen-bond donors (Lipinski definition) is 3. The lowest BCUT2D eigenvalue weighted by Gasteiger charge is -2.23. The molecular weight excluding hydrogens is 469 g/mol. The summed E-state index contributed by atoms with van der Waals surface area (Å²) >= 11 is 0. The molecule has 0 spiro atoms. The van der Waals surface area contributed by atoms with Gasteiger partial charge in [0.05, 0.1) is 24.3 Å². The summed E-state index contributed by atoms with van der Waals surface area (Å²) in [4.78, 5) is 41.5. The van der Waals surface area contributed by atoms with Gasteiger partial charge in [-0.2, -0.15) is 0 Å². The molecule has 1 amide bonds. The minimum Gasteiger partial charge on any atom is -0.505 e. The number of amides is 1. The Labute approximate surface area is 207 Å². The fraction of sp³-hybridized carbons (Fsp3) is 0.385. The van der Waals surface area contributed by atoms with Gasteiger partial charge in [-0.3, -0.25) is 14.6 Å². The van der Waals surface area contributed by atoms with Crippen LogP contribution in [-0.2, 0) is 29.4 Å². The van der Waals surface area contributed by atoms with Gasteiger partial charge in [0.15, 0.2) is 11.3 Å². The highest BCUT2D eigenvalue weighted by molar-refractivity contribution is 5.98. The molecule has 2 heterocycles. The molecule has 0 aliphatic rings. The molecule has 1 aromatic carbocycles. The summed E-state index contributed by atoms with van der Waals surface area (Å²) in [7, 11) is 1.47. The van der Waals surface area contributed by atoms with E-state index in [1.54, 1.807) is 32.9 Å². The van der Waals surface area contributed by atoms with Crippen molar-refractivity contribution in [2.45, 2.75) is 45.6 Å². The molecule has 0 unspecified atom stereocenters. The van der Waals surface area contributed by atoms with Gasteiger partial charge in [0.1, 0.15) is 11.3 Å². The average Bonchev–Trinajstić information content (AvgIpc) is 2.82. The van der Waals surface area contributed by atoms with Crippen LogP contribution in [-0.4, -0.2) is 50.4 Å². The van der Waals surface area contributed by atoms with E-state index in [1.807, 2.05) is 0 Å². The van der Waals surface area contributed by atoms with Crippen LogP contribution in [0, 0.1) is 5.82 Å². The number of aryl methyl sites for hydroxylation is 2. The van der Waals surface area contributed by atoms with Crippen molar-refractivity contribution >= 4 is 22.9 Å². The molecule has 192 valence electrons. The molecule has 0 atom stereocenters. The van der Waals surface area contributed by atoms with Gasteiger partial charge in [-0.1, -0.05) is 6.07 Å². The zero-order valence-corrected chi connectivity index (χ0v) is 20.7. The number of aliphatic hydroxyl groups excluding tert-OH is 1. The Kier molecular flexibility index (Phi) is 8.09. The molecule has 3 N–H and O–H groups in total. The van der Waals surface area contributed by atoms with E-state index < -0.39 is 34.2 Å². The first kappa shape index (κ1) is 26.8. The molecule has 0 radical (unpaired) electrons. The summed E-state index contributed by atoms with van der Waals surface area (Å²) in [6.07, 6.45) is 2.22. The second kappa shape index (κ2) is 10.9. The first-order valence-electron chi connectivity index (χ1n) is 11.5. The zero-order chi connectivity index (χ0) is 26.6.